The molecule has 0 aromatic heterocycles. The van der Waals surface area contributed by atoms with E-state index in [4.69, 9.17) is 0 Å². The van der Waals surface area contributed by atoms with Crippen LogP contribution in [-0.2, 0) is 32.6 Å². The van der Waals surface area contributed by atoms with E-state index in [2.05, 4.69) is 21.2 Å². The van der Waals surface area contributed by atoms with E-state index in [9.17, 15) is 18.0 Å². The molecular formula is C35H38BrN3O4S. The molecule has 0 bridgehead atoms. The number of anilines is 1. The molecular weight excluding hydrogens is 638 g/mol. The lowest BCUT2D eigenvalue weighted by molar-refractivity contribution is -0.140. The van der Waals surface area contributed by atoms with Crippen molar-refractivity contribution < 1.29 is 18.0 Å². The van der Waals surface area contributed by atoms with Crippen molar-refractivity contribution in [2.45, 2.75) is 50.6 Å². The third-order valence-corrected chi connectivity index (χ3v) is 9.52. The maximum Gasteiger partial charge on any atom is 0.264 e. The van der Waals surface area contributed by atoms with Crippen molar-refractivity contribution in [1.82, 2.24) is 10.2 Å². The second-order valence-corrected chi connectivity index (χ2v) is 13.4. The Labute approximate surface area is 269 Å². The summed E-state index contributed by atoms with van der Waals surface area (Å²) in [5, 5.41) is 3.01. The van der Waals surface area contributed by atoms with Crippen molar-refractivity contribution in [3.8, 4) is 0 Å². The first kappa shape index (κ1) is 33.0. The van der Waals surface area contributed by atoms with Crippen LogP contribution in [0.25, 0.3) is 0 Å². The Morgan fingerprint density at radius 2 is 1.50 bits per heavy atom. The molecule has 2 amide bonds. The number of benzene rings is 4. The van der Waals surface area contributed by atoms with Crippen molar-refractivity contribution in [2.24, 2.45) is 0 Å². The number of hydrogen-bond donors (Lipinski definition) is 1. The Morgan fingerprint density at radius 1 is 0.841 bits per heavy atom. The summed E-state index contributed by atoms with van der Waals surface area (Å²) in [5.74, 6) is -0.763. The Hall–Kier alpha value is -3.95. The van der Waals surface area contributed by atoms with E-state index in [0.717, 1.165) is 33.8 Å². The second kappa shape index (κ2) is 15.7. The third kappa shape index (κ3) is 8.80. The van der Waals surface area contributed by atoms with E-state index >= 15 is 0 Å². The molecule has 0 radical (unpaired) electrons. The van der Waals surface area contributed by atoms with E-state index in [1.807, 2.05) is 68.4 Å². The maximum atomic E-state index is 14.5. The van der Waals surface area contributed by atoms with Crippen LogP contribution in [0.3, 0.4) is 0 Å². The molecule has 4 aromatic carbocycles. The average Bonchev–Trinajstić information content (AvgIpc) is 3.02. The highest BCUT2D eigenvalue weighted by Crippen LogP contribution is 2.27. The topological polar surface area (TPSA) is 86.8 Å². The first-order valence-corrected chi connectivity index (χ1v) is 16.9. The molecule has 0 unspecified atom stereocenters. The number of amides is 2. The number of nitrogens with zero attached hydrogens (tertiary/aromatic N) is 2. The molecule has 0 heterocycles. The fourth-order valence-corrected chi connectivity index (χ4v) is 6.76. The van der Waals surface area contributed by atoms with Crippen LogP contribution in [0.1, 0.15) is 36.5 Å². The molecule has 44 heavy (non-hydrogen) atoms. The van der Waals surface area contributed by atoms with Gasteiger partial charge in [0.1, 0.15) is 12.6 Å². The van der Waals surface area contributed by atoms with Gasteiger partial charge < -0.3 is 10.2 Å². The van der Waals surface area contributed by atoms with Crippen molar-refractivity contribution >= 4 is 43.5 Å². The van der Waals surface area contributed by atoms with Crippen molar-refractivity contribution in [1.29, 1.82) is 0 Å². The summed E-state index contributed by atoms with van der Waals surface area (Å²) in [6, 6.07) is 31.3. The fourth-order valence-electron chi connectivity index (χ4n) is 4.95. The van der Waals surface area contributed by atoms with Crippen LogP contribution in [-0.4, -0.2) is 44.3 Å². The number of aryl methyl sites for hydroxylation is 1. The van der Waals surface area contributed by atoms with Crippen LogP contribution in [0.2, 0.25) is 0 Å². The van der Waals surface area contributed by atoms with E-state index in [1.165, 1.54) is 17.0 Å². The molecule has 1 N–H and O–H groups in total. The first-order valence-electron chi connectivity index (χ1n) is 14.7. The molecule has 4 aromatic rings. The third-order valence-electron chi connectivity index (χ3n) is 7.24. The van der Waals surface area contributed by atoms with Crippen LogP contribution >= 0.6 is 15.9 Å². The smallest absolute Gasteiger partial charge is 0.264 e. The Balaban J connectivity index is 1.78. The van der Waals surface area contributed by atoms with Crippen molar-refractivity contribution in [3.05, 3.63) is 130 Å². The summed E-state index contributed by atoms with van der Waals surface area (Å²) in [6.07, 6.45) is 1.99. The van der Waals surface area contributed by atoms with E-state index < -0.39 is 28.5 Å². The molecule has 4 rings (SSSR count). The molecule has 0 spiro atoms. The molecule has 0 aliphatic rings. The lowest BCUT2D eigenvalue weighted by atomic mass is 10.0. The number of nitrogens with one attached hydrogen (secondary N) is 1. The minimum atomic E-state index is -4.14. The van der Waals surface area contributed by atoms with Gasteiger partial charge in [-0.2, -0.15) is 0 Å². The highest BCUT2D eigenvalue weighted by Gasteiger charge is 2.34. The zero-order valence-electron chi connectivity index (χ0n) is 25.0. The van der Waals surface area contributed by atoms with Gasteiger partial charge in [-0.25, -0.2) is 8.42 Å². The molecule has 9 heteroatoms. The van der Waals surface area contributed by atoms with E-state index in [1.54, 1.807) is 42.5 Å². The summed E-state index contributed by atoms with van der Waals surface area (Å²) < 4.78 is 29.9. The molecule has 0 saturated carbocycles. The number of hydrogen-bond acceptors (Lipinski definition) is 4. The highest BCUT2D eigenvalue weighted by molar-refractivity contribution is 9.10. The van der Waals surface area contributed by atoms with Gasteiger partial charge in [0.05, 0.1) is 10.6 Å². The number of halogens is 1. The molecule has 230 valence electrons. The largest absolute Gasteiger partial charge is 0.354 e. The standard InChI is InChI=1S/C35H38BrN3O4S/c1-3-4-21-37-35(41)33(23-28-14-7-5-8-15-28)38(25-29-16-11-13-27(2)22-29)34(40)26-39(31-18-12-17-30(36)24-31)44(42,43)32-19-9-6-10-20-32/h5-20,22,24,33H,3-4,21,23,25-26H2,1-2H3,(H,37,41)/t33-/m0/s1. The molecule has 0 aliphatic carbocycles. The number of carbonyl (C=O) groups excluding carboxylic acids is 2. The number of unbranched alkanes of at least 4 members (excludes halogenated alkanes) is 1. The summed E-state index contributed by atoms with van der Waals surface area (Å²) >= 11 is 3.44. The minimum Gasteiger partial charge on any atom is -0.354 e. The Kier molecular flexibility index (Phi) is 11.7. The molecule has 1 atom stereocenters. The van der Waals surface area contributed by atoms with Crippen LogP contribution in [0.5, 0.6) is 0 Å². The number of carbonyl (C=O) groups is 2. The Morgan fingerprint density at radius 3 is 2.16 bits per heavy atom. The summed E-state index contributed by atoms with van der Waals surface area (Å²) in [5.41, 5.74) is 3.09. The lowest BCUT2D eigenvalue weighted by Crippen LogP contribution is -2.53. The number of sulfonamides is 1. The van der Waals surface area contributed by atoms with Crippen LogP contribution < -0.4 is 9.62 Å². The molecule has 0 aliphatic heterocycles. The lowest BCUT2D eigenvalue weighted by Gasteiger charge is -2.34. The quantitative estimate of drug-likeness (QED) is 0.154. The zero-order valence-corrected chi connectivity index (χ0v) is 27.4. The maximum absolute atomic E-state index is 14.5. The monoisotopic (exact) mass is 675 g/mol. The molecule has 7 nitrogen and oxygen atoms in total. The SMILES string of the molecule is CCCCNC(=O)[C@H](Cc1ccccc1)N(Cc1cccc(C)c1)C(=O)CN(c1cccc(Br)c1)S(=O)(=O)c1ccccc1. The van der Waals surface area contributed by atoms with E-state index in [-0.39, 0.29) is 23.8 Å². The Bertz CT molecular complexity index is 1650. The van der Waals surface area contributed by atoms with Gasteiger partial charge in [-0.1, -0.05) is 114 Å². The van der Waals surface area contributed by atoms with Crippen LogP contribution in [0, 0.1) is 6.92 Å². The fraction of sp³-hybridized carbons (Fsp3) is 0.257. The van der Waals surface area contributed by atoms with Gasteiger partial charge in [0, 0.05) is 24.0 Å². The summed E-state index contributed by atoms with van der Waals surface area (Å²) in [4.78, 5) is 29.9. The van der Waals surface area contributed by atoms with Gasteiger partial charge in [0.2, 0.25) is 11.8 Å². The van der Waals surface area contributed by atoms with Crippen molar-refractivity contribution in [3.63, 3.8) is 0 Å². The van der Waals surface area contributed by atoms with Gasteiger partial charge in [-0.15, -0.1) is 0 Å². The highest BCUT2D eigenvalue weighted by atomic mass is 79.9. The van der Waals surface area contributed by atoms with Gasteiger partial charge in [0.25, 0.3) is 10.0 Å². The second-order valence-electron chi connectivity index (χ2n) is 10.7. The molecule has 0 saturated heterocycles. The van der Waals surface area contributed by atoms with Gasteiger partial charge >= 0.3 is 0 Å². The summed E-state index contributed by atoms with van der Waals surface area (Å²) in [6.45, 7) is 4.14. The van der Waals surface area contributed by atoms with Crippen molar-refractivity contribution in [2.75, 3.05) is 17.4 Å². The molecule has 0 fully saturated rings. The minimum absolute atomic E-state index is 0.0659. The van der Waals surface area contributed by atoms with Crippen LogP contribution in [0.15, 0.2) is 119 Å². The number of rotatable bonds is 14. The zero-order chi connectivity index (χ0) is 31.5. The van der Waals surface area contributed by atoms with Gasteiger partial charge in [0.15, 0.2) is 0 Å². The summed E-state index contributed by atoms with van der Waals surface area (Å²) in [7, 11) is -4.14. The van der Waals surface area contributed by atoms with Gasteiger partial charge in [-0.3, -0.25) is 13.9 Å². The normalized spacial score (nSPS) is 11.9. The average molecular weight is 677 g/mol. The predicted octanol–water partition coefficient (Wildman–Crippen LogP) is 6.51. The van der Waals surface area contributed by atoms with Gasteiger partial charge in [-0.05, 0) is 54.8 Å². The van der Waals surface area contributed by atoms with Crippen LogP contribution in [0.4, 0.5) is 5.69 Å². The first-order chi connectivity index (χ1) is 21.2. The van der Waals surface area contributed by atoms with E-state index in [0.29, 0.717) is 16.7 Å². The predicted molar refractivity (Wildman–Crippen MR) is 179 cm³/mol.